The smallest absolute Gasteiger partial charge is 0.416 e. The van der Waals surface area contributed by atoms with Crippen molar-refractivity contribution in [3.63, 3.8) is 0 Å². The van der Waals surface area contributed by atoms with Crippen molar-refractivity contribution in [1.82, 2.24) is 5.43 Å². The van der Waals surface area contributed by atoms with Crippen LogP contribution in [0.15, 0.2) is 94.5 Å². The van der Waals surface area contributed by atoms with E-state index >= 15 is 0 Å². The largest absolute Gasteiger partial charge is 0.493 e. The van der Waals surface area contributed by atoms with Gasteiger partial charge in [0.2, 0.25) is 0 Å². The van der Waals surface area contributed by atoms with Crippen molar-refractivity contribution in [2.24, 2.45) is 5.10 Å². The molecule has 7 nitrogen and oxygen atoms in total. The fourth-order valence-electron chi connectivity index (χ4n) is 3.83. The van der Waals surface area contributed by atoms with Crippen molar-refractivity contribution in [2.45, 2.75) is 19.4 Å². The van der Waals surface area contributed by atoms with E-state index in [0.717, 1.165) is 29.3 Å². The molecular formula is C31H26BrF3N2O5. The summed E-state index contributed by atoms with van der Waals surface area (Å²) in [6.45, 7) is 0.604. The van der Waals surface area contributed by atoms with Crippen LogP contribution in [0.3, 0.4) is 0 Å². The molecule has 0 radical (unpaired) electrons. The zero-order valence-electron chi connectivity index (χ0n) is 22.6. The monoisotopic (exact) mass is 642 g/mol. The SMILES string of the molecule is COc1cc(COc2c(Br)cc(/C=N/NC(=O)c3cccc(C(F)(F)F)c3)cc2OC)ccc1OCc1ccccc1. The van der Waals surface area contributed by atoms with Crippen molar-refractivity contribution in [2.75, 3.05) is 14.2 Å². The third kappa shape index (κ3) is 8.03. The number of hydrogen-bond donors (Lipinski definition) is 1. The standard InChI is InChI=1S/C31H26BrF3N2O5/c1-39-27-14-21(11-12-26(27)41-18-20-7-4-3-5-8-20)19-42-29-25(32)13-22(15-28(29)40-2)17-36-37-30(38)23-9-6-10-24(16-23)31(33,34)35/h3-17H,18-19H2,1-2H3,(H,37,38)/b36-17+. The van der Waals surface area contributed by atoms with Gasteiger partial charge in [0.25, 0.3) is 5.91 Å². The lowest BCUT2D eigenvalue weighted by molar-refractivity contribution is -0.137. The topological polar surface area (TPSA) is 78.4 Å². The van der Waals surface area contributed by atoms with Crippen molar-refractivity contribution in [3.8, 4) is 23.0 Å². The summed E-state index contributed by atoms with van der Waals surface area (Å²) in [6.07, 6.45) is -3.22. The first kappa shape index (κ1) is 30.4. The summed E-state index contributed by atoms with van der Waals surface area (Å²) in [4.78, 5) is 12.3. The fourth-order valence-corrected chi connectivity index (χ4v) is 4.41. The minimum Gasteiger partial charge on any atom is -0.493 e. The van der Waals surface area contributed by atoms with Crippen molar-refractivity contribution < 1.29 is 36.9 Å². The van der Waals surface area contributed by atoms with Gasteiger partial charge < -0.3 is 18.9 Å². The Kier molecular flexibility index (Phi) is 10.1. The number of nitrogens with one attached hydrogen (secondary N) is 1. The van der Waals surface area contributed by atoms with E-state index < -0.39 is 17.6 Å². The van der Waals surface area contributed by atoms with Crippen LogP contribution in [0.4, 0.5) is 13.2 Å². The van der Waals surface area contributed by atoms with Gasteiger partial charge in [-0.3, -0.25) is 4.79 Å². The summed E-state index contributed by atoms with van der Waals surface area (Å²) in [5.41, 5.74) is 3.55. The van der Waals surface area contributed by atoms with Crippen LogP contribution in [0.2, 0.25) is 0 Å². The van der Waals surface area contributed by atoms with Crippen molar-refractivity contribution >= 4 is 28.1 Å². The summed E-state index contributed by atoms with van der Waals surface area (Å²) >= 11 is 3.47. The predicted octanol–water partition coefficient (Wildman–Crippen LogP) is 7.41. The van der Waals surface area contributed by atoms with Crippen LogP contribution in [0.25, 0.3) is 0 Å². The Morgan fingerprint density at radius 1 is 0.833 bits per heavy atom. The number of amides is 1. The van der Waals surface area contributed by atoms with Gasteiger partial charge in [0.15, 0.2) is 23.0 Å². The molecule has 0 atom stereocenters. The molecule has 0 bridgehead atoms. The van der Waals surface area contributed by atoms with Gasteiger partial charge in [-0.15, -0.1) is 0 Å². The molecule has 0 aliphatic carbocycles. The van der Waals surface area contributed by atoms with Gasteiger partial charge in [-0.1, -0.05) is 42.5 Å². The van der Waals surface area contributed by atoms with Crippen LogP contribution >= 0.6 is 15.9 Å². The van der Waals surface area contributed by atoms with E-state index in [2.05, 4.69) is 26.5 Å². The molecule has 0 fully saturated rings. The molecule has 0 saturated heterocycles. The van der Waals surface area contributed by atoms with E-state index in [1.54, 1.807) is 19.2 Å². The number of carbonyl (C=O) groups excluding carboxylic acids is 1. The maximum absolute atomic E-state index is 12.9. The normalized spacial score (nSPS) is 11.3. The molecule has 0 aliphatic rings. The quantitative estimate of drug-likeness (QED) is 0.136. The molecule has 1 amide bonds. The Balaban J connectivity index is 1.40. The molecule has 1 N–H and O–H groups in total. The zero-order chi connectivity index (χ0) is 30.1. The Morgan fingerprint density at radius 2 is 1.57 bits per heavy atom. The lowest BCUT2D eigenvalue weighted by Gasteiger charge is -2.15. The summed E-state index contributed by atoms with van der Waals surface area (Å²) in [5, 5.41) is 3.86. The van der Waals surface area contributed by atoms with Crippen LogP contribution in [-0.2, 0) is 19.4 Å². The van der Waals surface area contributed by atoms with Gasteiger partial charge >= 0.3 is 6.18 Å². The third-order valence-corrected chi connectivity index (χ3v) is 6.52. The number of hydrazone groups is 1. The Morgan fingerprint density at radius 3 is 2.29 bits per heavy atom. The number of nitrogens with zero attached hydrogens (tertiary/aromatic N) is 1. The molecular weight excluding hydrogens is 617 g/mol. The second kappa shape index (κ2) is 13.9. The van der Waals surface area contributed by atoms with Gasteiger partial charge in [-0.25, -0.2) is 5.43 Å². The summed E-state index contributed by atoms with van der Waals surface area (Å²) in [6, 6.07) is 22.7. The number of benzene rings is 4. The lowest BCUT2D eigenvalue weighted by Crippen LogP contribution is -2.18. The van der Waals surface area contributed by atoms with E-state index in [0.29, 0.717) is 39.6 Å². The zero-order valence-corrected chi connectivity index (χ0v) is 24.2. The molecule has 0 heterocycles. The minimum absolute atomic E-state index is 0.170. The molecule has 4 rings (SSSR count). The fraction of sp³-hybridized carbons (Fsp3) is 0.161. The van der Waals surface area contributed by atoms with Gasteiger partial charge in [0.1, 0.15) is 13.2 Å². The molecule has 11 heteroatoms. The first-order valence-corrected chi connectivity index (χ1v) is 13.3. The number of hydrogen-bond acceptors (Lipinski definition) is 6. The molecule has 42 heavy (non-hydrogen) atoms. The first-order chi connectivity index (χ1) is 20.2. The molecule has 0 spiro atoms. The molecule has 0 aliphatic heterocycles. The van der Waals surface area contributed by atoms with Gasteiger partial charge in [-0.05, 0) is 75.1 Å². The second-order valence-corrected chi connectivity index (χ2v) is 9.71. The van der Waals surface area contributed by atoms with E-state index in [-0.39, 0.29) is 12.2 Å². The van der Waals surface area contributed by atoms with Crippen molar-refractivity contribution in [3.05, 3.63) is 117 Å². The average molecular weight is 643 g/mol. The highest BCUT2D eigenvalue weighted by Crippen LogP contribution is 2.37. The van der Waals surface area contributed by atoms with E-state index in [4.69, 9.17) is 18.9 Å². The van der Waals surface area contributed by atoms with Crippen LogP contribution in [0.5, 0.6) is 23.0 Å². The van der Waals surface area contributed by atoms with Crippen LogP contribution in [0.1, 0.15) is 32.6 Å². The molecule has 4 aromatic carbocycles. The number of rotatable bonds is 11. The highest BCUT2D eigenvalue weighted by atomic mass is 79.9. The number of methoxy groups -OCH3 is 2. The van der Waals surface area contributed by atoms with Crippen LogP contribution < -0.4 is 24.4 Å². The summed E-state index contributed by atoms with van der Waals surface area (Å²) in [5.74, 6) is 1.22. The first-order valence-electron chi connectivity index (χ1n) is 12.5. The van der Waals surface area contributed by atoms with Crippen molar-refractivity contribution in [1.29, 1.82) is 0 Å². The Labute approximate surface area is 249 Å². The summed E-state index contributed by atoms with van der Waals surface area (Å²) in [7, 11) is 3.05. The number of ether oxygens (including phenoxy) is 4. The average Bonchev–Trinajstić information content (AvgIpc) is 2.99. The van der Waals surface area contributed by atoms with Gasteiger partial charge in [0.05, 0.1) is 30.5 Å². The minimum atomic E-state index is -4.56. The predicted molar refractivity (Wildman–Crippen MR) is 155 cm³/mol. The molecule has 4 aromatic rings. The molecule has 0 saturated carbocycles. The summed E-state index contributed by atoms with van der Waals surface area (Å²) < 4.78 is 62.3. The van der Waals surface area contributed by atoms with Gasteiger partial charge in [-0.2, -0.15) is 18.3 Å². The van der Waals surface area contributed by atoms with Crippen LogP contribution in [0, 0.1) is 0 Å². The Hall–Kier alpha value is -4.51. The van der Waals surface area contributed by atoms with Crippen LogP contribution in [-0.4, -0.2) is 26.3 Å². The van der Waals surface area contributed by atoms with E-state index in [1.807, 2.05) is 48.5 Å². The molecule has 0 aromatic heterocycles. The Bertz CT molecular complexity index is 1560. The highest BCUT2D eigenvalue weighted by molar-refractivity contribution is 9.10. The number of carbonyl (C=O) groups is 1. The molecule has 218 valence electrons. The maximum Gasteiger partial charge on any atom is 0.416 e. The van der Waals surface area contributed by atoms with E-state index in [9.17, 15) is 18.0 Å². The second-order valence-electron chi connectivity index (χ2n) is 8.86. The van der Waals surface area contributed by atoms with Gasteiger partial charge in [0, 0.05) is 5.56 Å². The third-order valence-electron chi connectivity index (χ3n) is 5.93. The highest BCUT2D eigenvalue weighted by Gasteiger charge is 2.30. The van der Waals surface area contributed by atoms with E-state index in [1.165, 1.54) is 19.4 Å². The number of halogens is 4. The maximum atomic E-state index is 12.9. The number of alkyl halides is 3. The lowest BCUT2D eigenvalue weighted by atomic mass is 10.1. The molecule has 0 unspecified atom stereocenters.